The molecule has 2 aromatic rings. The van der Waals surface area contributed by atoms with E-state index in [9.17, 15) is 0 Å². The topological polar surface area (TPSA) is 43.0 Å². The molecule has 1 aliphatic carbocycles. The second-order valence-corrected chi connectivity index (χ2v) is 8.24. The van der Waals surface area contributed by atoms with E-state index >= 15 is 0 Å². The van der Waals surface area contributed by atoms with Gasteiger partial charge in [-0.2, -0.15) is 0 Å². The van der Waals surface area contributed by atoms with Crippen molar-refractivity contribution in [3.63, 3.8) is 0 Å². The van der Waals surface area contributed by atoms with Crippen LogP contribution in [0.4, 0.5) is 5.69 Å². The third-order valence-electron chi connectivity index (χ3n) is 6.08. The highest BCUT2D eigenvalue weighted by Gasteiger charge is 2.23. The minimum absolute atomic E-state index is 0.324. The first-order valence-electron chi connectivity index (χ1n) is 11.3. The summed E-state index contributed by atoms with van der Waals surface area (Å²) < 4.78 is 17.4. The monoisotopic (exact) mass is 410 g/mol. The zero-order valence-corrected chi connectivity index (χ0v) is 18.2. The van der Waals surface area contributed by atoms with Gasteiger partial charge in [0, 0.05) is 37.4 Å². The largest absolute Gasteiger partial charge is 0.494 e. The van der Waals surface area contributed by atoms with Gasteiger partial charge in [-0.05, 0) is 68.9 Å². The van der Waals surface area contributed by atoms with Crippen molar-refractivity contribution >= 4 is 5.69 Å². The van der Waals surface area contributed by atoms with Gasteiger partial charge in [-0.25, -0.2) is 0 Å². The van der Waals surface area contributed by atoms with Crippen LogP contribution in [0.3, 0.4) is 0 Å². The minimum atomic E-state index is 0.324. The molecular formula is C25H34N2O3. The smallest absolute Gasteiger partial charge is 0.163 e. The maximum atomic E-state index is 6.30. The van der Waals surface area contributed by atoms with Crippen LogP contribution in [-0.2, 0) is 6.42 Å². The Kier molecular flexibility index (Phi) is 7.00. The molecule has 30 heavy (non-hydrogen) atoms. The zero-order valence-electron chi connectivity index (χ0n) is 18.2. The van der Waals surface area contributed by atoms with Crippen LogP contribution in [0.15, 0.2) is 42.5 Å². The maximum absolute atomic E-state index is 6.30. The lowest BCUT2D eigenvalue weighted by molar-refractivity contribution is 0.201. The number of piperazine rings is 1. The van der Waals surface area contributed by atoms with Crippen LogP contribution in [0.1, 0.15) is 38.2 Å². The summed E-state index contributed by atoms with van der Waals surface area (Å²) in [6.07, 6.45) is 6.14. The highest BCUT2D eigenvalue weighted by Crippen LogP contribution is 2.35. The van der Waals surface area contributed by atoms with Crippen molar-refractivity contribution in [3.05, 3.63) is 48.0 Å². The van der Waals surface area contributed by atoms with E-state index < -0.39 is 0 Å². The van der Waals surface area contributed by atoms with E-state index in [2.05, 4.69) is 46.6 Å². The molecule has 2 aromatic carbocycles. The first kappa shape index (κ1) is 20.9. The summed E-state index contributed by atoms with van der Waals surface area (Å²) in [6, 6.07) is 15.3. The van der Waals surface area contributed by atoms with Gasteiger partial charge in [0.2, 0.25) is 0 Å². The summed E-state index contributed by atoms with van der Waals surface area (Å²) >= 11 is 0. The van der Waals surface area contributed by atoms with Crippen LogP contribution in [0.5, 0.6) is 17.2 Å². The molecule has 1 aliphatic heterocycles. The molecule has 0 spiro atoms. The lowest BCUT2D eigenvalue weighted by atomic mass is 10.0. The molecule has 1 heterocycles. The summed E-state index contributed by atoms with van der Waals surface area (Å²) in [5.41, 5.74) is 2.54. The van der Waals surface area contributed by atoms with E-state index in [-0.39, 0.29) is 0 Å². The predicted molar refractivity (Wildman–Crippen MR) is 121 cm³/mol. The summed E-state index contributed by atoms with van der Waals surface area (Å²) in [7, 11) is 1.72. The van der Waals surface area contributed by atoms with Crippen molar-refractivity contribution in [2.45, 2.75) is 51.2 Å². The van der Waals surface area contributed by atoms with Gasteiger partial charge in [0.05, 0.1) is 19.8 Å². The third-order valence-corrected chi connectivity index (χ3v) is 6.08. The summed E-state index contributed by atoms with van der Waals surface area (Å²) in [6.45, 7) is 5.66. The van der Waals surface area contributed by atoms with Crippen molar-refractivity contribution in [3.8, 4) is 17.2 Å². The normalized spacial score (nSPS) is 19.7. The second kappa shape index (κ2) is 10.1. The fourth-order valence-electron chi connectivity index (χ4n) is 4.51. The number of rotatable bonds is 8. The average molecular weight is 411 g/mol. The van der Waals surface area contributed by atoms with Crippen molar-refractivity contribution in [1.29, 1.82) is 0 Å². The van der Waals surface area contributed by atoms with Crippen molar-refractivity contribution in [2.24, 2.45) is 0 Å². The Bertz CT molecular complexity index is 803. The molecule has 0 aromatic heterocycles. The fraction of sp³-hybridized carbons (Fsp3) is 0.520. The number of hydrogen-bond acceptors (Lipinski definition) is 5. The van der Waals surface area contributed by atoms with E-state index in [1.54, 1.807) is 7.11 Å². The lowest BCUT2D eigenvalue weighted by Gasteiger charge is -2.35. The lowest BCUT2D eigenvalue weighted by Crippen LogP contribution is -2.51. The number of nitrogens with zero attached hydrogens (tertiary/aromatic N) is 1. The van der Waals surface area contributed by atoms with Gasteiger partial charge in [-0.1, -0.05) is 12.1 Å². The van der Waals surface area contributed by atoms with E-state index in [0.717, 1.165) is 56.1 Å². The van der Waals surface area contributed by atoms with Gasteiger partial charge >= 0.3 is 0 Å². The highest BCUT2D eigenvalue weighted by molar-refractivity contribution is 5.57. The second-order valence-electron chi connectivity index (χ2n) is 8.24. The predicted octanol–water partition coefficient (Wildman–Crippen LogP) is 4.44. The Morgan fingerprint density at radius 1 is 1.03 bits per heavy atom. The molecular weight excluding hydrogens is 376 g/mol. The first-order valence-corrected chi connectivity index (χ1v) is 11.3. The van der Waals surface area contributed by atoms with Crippen LogP contribution in [0.2, 0.25) is 0 Å². The SMILES string of the molecule is CCOc1ccc(CC2CN(c3ccc(OC)c(OC4CCCC4)c3)CCN2)cc1. The highest BCUT2D eigenvalue weighted by atomic mass is 16.5. The number of anilines is 1. The van der Waals surface area contributed by atoms with E-state index in [0.29, 0.717) is 18.8 Å². The minimum Gasteiger partial charge on any atom is -0.494 e. The molecule has 2 fully saturated rings. The molecule has 1 unspecified atom stereocenters. The van der Waals surface area contributed by atoms with Gasteiger partial charge in [0.1, 0.15) is 5.75 Å². The van der Waals surface area contributed by atoms with Crippen molar-refractivity contribution in [1.82, 2.24) is 5.32 Å². The Morgan fingerprint density at radius 3 is 2.57 bits per heavy atom. The van der Waals surface area contributed by atoms with Crippen LogP contribution in [0.25, 0.3) is 0 Å². The molecule has 1 N–H and O–H groups in total. The average Bonchev–Trinajstić information content (AvgIpc) is 3.29. The molecule has 0 radical (unpaired) electrons. The molecule has 1 saturated heterocycles. The Hall–Kier alpha value is -2.40. The third kappa shape index (κ3) is 5.20. The van der Waals surface area contributed by atoms with Crippen LogP contribution in [-0.4, -0.2) is 45.5 Å². The molecule has 4 rings (SSSR count). The Balaban J connectivity index is 1.42. The van der Waals surface area contributed by atoms with Gasteiger partial charge in [-0.3, -0.25) is 0 Å². The molecule has 5 nitrogen and oxygen atoms in total. The van der Waals surface area contributed by atoms with Gasteiger partial charge < -0.3 is 24.4 Å². The molecule has 5 heteroatoms. The van der Waals surface area contributed by atoms with Crippen LogP contribution < -0.4 is 24.4 Å². The summed E-state index contributed by atoms with van der Waals surface area (Å²) in [4.78, 5) is 2.46. The van der Waals surface area contributed by atoms with Crippen LogP contribution >= 0.6 is 0 Å². The molecule has 0 bridgehead atoms. The maximum Gasteiger partial charge on any atom is 0.163 e. The van der Waals surface area contributed by atoms with Gasteiger partial charge in [-0.15, -0.1) is 0 Å². The van der Waals surface area contributed by atoms with Gasteiger partial charge in [0.25, 0.3) is 0 Å². The standard InChI is InChI=1S/C25H34N2O3/c1-3-29-22-11-8-19(9-12-22)16-20-18-27(15-14-26-20)21-10-13-24(28-2)25(17-21)30-23-6-4-5-7-23/h8-13,17,20,23,26H,3-7,14-16,18H2,1-2H3. The first-order chi connectivity index (χ1) is 14.7. The van der Waals surface area contributed by atoms with Crippen LogP contribution in [0, 0.1) is 0 Å². The van der Waals surface area contributed by atoms with E-state index in [4.69, 9.17) is 14.2 Å². The fourth-order valence-corrected chi connectivity index (χ4v) is 4.51. The quantitative estimate of drug-likeness (QED) is 0.697. The van der Waals surface area contributed by atoms with E-state index in [1.165, 1.54) is 24.1 Å². The Morgan fingerprint density at radius 2 is 1.83 bits per heavy atom. The van der Waals surface area contributed by atoms with Gasteiger partial charge in [0.15, 0.2) is 11.5 Å². The molecule has 162 valence electrons. The van der Waals surface area contributed by atoms with Crippen molar-refractivity contribution < 1.29 is 14.2 Å². The number of ether oxygens (including phenoxy) is 3. The Labute approximate surface area is 180 Å². The molecule has 1 atom stereocenters. The number of benzene rings is 2. The molecule has 2 aliphatic rings. The van der Waals surface area contributed by atoms with E-state index in [1.807, 2.05) is 13.0 Å². The zero-order chi connectivity index (χ0) is 20.8. The molecule has 0 amide bonds. The molecule has 1 saturated carbocycles. The number of hydrogen-bond donors (Lipinski definition) is 1. The number of nitrogens with one attached hydrogen (secondary N) is 1. The summed E-state index contributed by atoms with van der Waals surface area (Å²) in [5, 5.41) is 3.67. The number of methoxy groups -OCH3 is 1. The van der Waals surface area contributed by atoms with Crippen molar-refractivity contribution in [2.75, 3.05) is 38.3 Å². The summed E-state index contributed by atoms with van der Waals surface area (Å²) in [5.74, 6) is 2.64.